The third-order valence-corrected chi connectivity index (χ3v) is 10.3. The standard InChI is InChI=1S/C33H40O6/c1-32-19-27(21-10-8-20(9-11-21)6-5-7-26(30(35)38-3)31(36)39-4)29-24-15-13-23(34)18-22(24)12-14-25(29)28(32)16-17-33(32,2)37/h5-6,8-11,18,25-28,37H,7,12-17,19H2,1-4H3/b6-5+/t25?,27-,28?,32+,33+/m1/s1. The number of hydrogen-bond donors (Lipinski definition) is 1. The molecule has 39 heavy (non-hydrogen) atoms. The van der Waals surface area contributed by atoms with Crippen LogP contribution in [0.15, 0.2) is 53.1 Å². The monoisotopic (exact) mass is 532 g/mol. The van der Waals surface area contributed by atoms with E-state index < -0.39 is 23.5 Å². The van der Waals surface area contributed by atoms with Crippen LogP contribution in [0.1, 0.15) is 82.3 Å². The van der Waals surface area contributed by atoms with Crippen molar-refractivity contribution < 1.29 is 29.0 Å². The number of ketones is 1. The van der Waals surface area contributed by atoms with Crippen LogP contribution >= 0.6 is 0 Å². The summed E-state index contributed by atoms with van der Waals surface area (Å²) in [6.45, 7) is 4.32. The molecule has 0 heterocycles. The number of aliphatic hydroxyl groups is 1. The lowest BCUT2D eigenvalue weighted by molar-refractivity contribution is -0.158. The van der Waals surface area contributed by atoms with E-state index in [2.05, 4.69) is 31.2 Å². The molecular weight excluding hydrogens is 492 g/mol. The normalized spacial score (nSPS) is 32.0. The van der Waals surface area contributed by atoms with Gasteiger partial charge in [-0.3, -0.25) is 14.4 Å². The van der Waals surface area contributed by atoms with Gasteiger partial charge in [0.25, 0.3) is 0 Å². The van der Waals surface area contributed by atoms with Crippen molar-refractivity contribution in [3.63, 3.8) is 0 Å². The minimum atomic E-state index is -0.980. The van der Waals surface area contributed by atoms with Gasteiger partial charge in [-0.05, 0) is 92.1 Å². The van der Waals surface area contributed by atoms with Crippen LogP contribution in [-0.2, 0) is 23.9 Å². The van der Waals surface area contributed by atoms with Gasteiger partial charge in [0.1, 0.15) is 0 Å². The van der Waals surface area contributed by atoms with Crippen molar-refractivity contribution in [3.05, 3.63) is 64.3 Å². The Morgan fingerprint density at radius 3 is 2.41 bits per heavy atom. The van der Waals surface area contributed by atoms with Crippen LogP contribution in [0.3, 0.4) is 0 Å². The summed E-state index contributed by atoms with van der Waals surface area (Å²) in [6.07, 6.45) is 12.0. The summed E-state index contributed by atoms with van der Waals surface area (Å²) in [7, 11) is 2.52. The smallest absolute Gasteiger partial charge is 0.320 e. The first-order chi connectivity index (χ1) is 18.6. The van der Waals surface area contributed by atoms with Crippen LogP contribution in [0, 0.1) is 23.2 Å². The maximum absolute atomic E-state index is 12.2. The number of esters is 2. The SMILES string of the molecule is COC(=O)C(C/C=C/c1ccc([C@H]2C[C@@]3(C)C(CC[C@]3(C)O)C3CCC4=CC(=O)CCC4=C32)cc1)C(=O)OC. The van der Waals surface area contributed by atoms with E-state index in [1.54, 1.807) is 6.08 Å². The van der Waals surface area contributed by atoms with E-state index in [9.17, 15) is 19.5 Å². The van der Waals surface area contributed by atoms with Crippen molar-refractivity contribution in [1.29, 1.82) is 0 Å². The van der Waals surface area contributed by atoms with Crippen molar-refractivity contribution in [2.45, 2.75) is 76.7 Å². The lowest BCUT2D eigenvalue weighted by atomic mass is 9.51. The number of methoxy groups -OCH3 is 2. The van der Waals surface area contributed by atoms with Crippen LogP contribution in [-0.4, -0.2) is 42.6 Å². The van der Waals surface area contributed by atoms with Gasteiger partial charge in [0.2, 0.25) is 0 Å². The Balaban J connectivity index is 1.45. The van der Waals surface area contributed by atoms with Crippen LogP contribution < -0.4 is 0 Å². The molecule has 0 aromatic heterocycles. The Bertz CT molecular complexity index is 1230. The molecule has 4 aliphatic rings. The summed E-state index contributed by atoms with van der Waals surface area (Å²) in [6, 6.07) is 8.49. The molecule has 1 aromatic carbocycles. The van der Waals surface area contributed by atoms with E-state index in [1.807, 2.05) is 19.1 Å². The maximum Gasteiger partial charge on any atom is 0.320 e. The van der Waals surface area contributed by atoms with E-state index in [1.165, 1.54) is 36.5 Å². The Morgan fingerprint density at radius 1 is 1.05 bits per heavy atom. The molecule has 2 fully saturated rings. The molecule has 0 radical (unpaired) electrons. The molecule has 6 nitrogen and oxygen atoms in total. The number of carbonyl (C=O) groups is 3. The fourth-order valence-corrected chi connectivity index (χ4v) is 7.93. The van der Waals surface area contributed by atoms with E-state index in [0.29, 0.717) is 18.3 Å². The Hall–Kier alpha value is -2.99. The minimum absolute atomic E-state index is 0.159. The summed E-state index contributed by atoms with van der Waals surface area (Å²) in [4.78, 5) is 36.1. The van der Waals surface area contributed by atoms with Gasteiger partial charge in [0.15, 0.2) is 11.7 Å². The number of benzene rings is 1. The van der Waals surface area contributed by atoms with Crippen molar-refractivity contribution in [1.82, 2.24) is 0 Å². The highest BCUT2D eigenvalue weighted by Gasteiger charge is 2.61. The Morgan fingerprint density at radius 2 is 1.74 bits per heavy atom. The van der Waals surface area contributed by atoms with Crippen molar-refractivity contribution in [2.24, 2.45) is 23.2 Å². The van der Waals surface area contributed by atoms with Gasteiger partial charge in [0.05, 0.1) is 19.8 Å². The predicted molar refractivity (Wildman–Crippen MR) is 149 cm³/mol. The number of carbonyl (C=O) groups excluding carboxylic acids is 3. The zero-order chi connectivity index (χ0) is 27.9. The van der Waals surface area contributed by atoms with E-state index in [0.717, 1.165) is 44.1 Å². The summed E-state index contributed by atoms with van der Waals surface area (Å²) in [5.41, 5.74) is 5.52. The maximum atomic E-state index is 12.2. The average molecular weight is 533 g/mol. The fraction of sp³-hybridized carbons (Fsp3) is 0.545. The van der Waals surface area contributed by atoms with Crippen molar-refractivity contribution >= 4 is 23.8 Å². The van der Waals surface area contributed by atoms with E-state index >= 15 is 0 Å². The molecule has 0 saturated heterocycles. The highest BCUT2D eigenvalue weighted by atomic mass is 16.5. The first-order valence-corrected chi connectivity index (χ1v) is 14.2. The van der Waals surface area contributed by atoms with Gasteiger partial charge >= 0.3 is 11.9 Å². The van der Waals surface area contributed by atoms with Crippen LogP contribution in [0.25, 0.3) is 6.08 Å². The van der Waals surface area contributed by atoms with Gasteiger partial charge in [-0.2, -0.15) is 0 Å². The first kappa shape index (κ1) is 27.6. The second kappa shape index (κ2) is 10.5. The first-order valence-electron chi connectivity index (χ1n) is 14.2. The molecule has 2 saturated carbocycles. The molecule has 6 heteroatoms. The molecule has 5 atom stereocenters. The predicted octanol–water partition coefficient (Wildman–Crippen LogP) is 5.70. The van der Waals surface area contributed by atoms with Crippen molar-refractivity contribution in [2.75, 3.05) is 14.2 Å². The second-order valence-corrected chi connectivity index (χ2v) is 12.2. The summed E-state index contributed by atoms with van der Waals surface area (Å²) in [5, 5.41) is 11.5. The highest BCUT2D eigenvalue weighted by Crippen LogP contribution is 2.66. The average Bonchev–Trinajstić information content (AvgIpc) is 3.18. The van der Waals surface area contributed by atoms with E-state index in [-0.39, 0.29) is 23.5 Å². The molecule has 0 bridgehead atoms. The molecular formula is C33H40O6. The zero-order valence-corrected chi connectivity index (χ0v) is 23.5. The molecule has 2 unspecified atom stereocenters. The molecule has 208 valence electrons. The molecule has 5 rings (SSSR count). The van der Waals surface area contributed by atoms with E-state index in [4.69, 9.17) is 9.47 Å². The number of fused-ring (bicyclic) bond motifs is 4. The largest absolute Gasteiger partial charge is 0.468 e. The van der Waals surface area contributed by atoms with Gasteiger partial charge in [0, 0.05) is 17.8 Å². The molecule has 4 aliphatic carbocycles. The molecule has 1 N–H and O–H groups in total. The van der Waals surface area contributed by atoms with Gasteiger partial charge < -0.3 is 14.6 Å². The quantitative estimate of drug-likeness (QED) is 0.373. The minimum Gasteiger partial charge on any atom is -0.468 e. The Labute approximate surface area is 231 Å². The number of allylic oxidation sites excluding steroid dienone is 5. The lowest BCUT2D eigenvalue weighted by Gasteiger charge is -2.54. The molecule has 0 spiro atoms. The summed E-state index contributed by atoms with van der Waals surface area (Å²) in [5.74, 6) is -0.847. The zero-order valence-electron chi connectivity index (χ0n) is 23.5. The topological polar surface area (TPSA) is 89.9 Å². The third-order valence-electron chi connectivity index (χ3n) is 10.3. The summed E-state index contributed by atoms with van der Waals surface area (Å²) >= 11 is 0. The van der Waals surface area contributed by atoms with Crippen LogP contribution in [0.2, 0.25) is 0 Å². The second-order valence-electron chi connectivity index (χ2n) is 12.2. The lowest BCUT2D eigenvalue weighted by Crippen LogP contribution is -2.50. The molecule has 1 aromatic rings. The number of ether oxygens (including phenoxy) is 2. The fourth-order valence-electron chi connectivity index (χ4n) is 7.93. The van der Waals surface area contributed by atoms with Gasteiger partial charge in [-0.1, -0.05) is 48.9 Å². The highest BCUT2D eigenvalue weighted by molar-refractivity contribution is 5.95. The number of hydrogen-bond acceptors (Lipinski definition) is 6. The molecule has 0 amide bonds. The summed E-state index contributed by atoms with van der Waals surface area (Å²) < 4.78 is 9.48. The third kappa shape index (κ3) is 4.82. The molecule has 0 aliphatic heterocycles. The van der Waals surface area contributed by atoms with Crippen LogP contribution in [0.4, 0.5) is 0 Å². The van der Waals surface area contributed by atoms with Gasteiger partial charge in [-0.15, -0.1) is 0 Å². The van der Waals surface area contributed by atoms with Gasteiger partial charge in [-0.25, -0.2) is 0 Å². The van der Waals surface area contributed by atoms with Crippen LogP contribution in [0.5, 0.6) is 0 Å². The number of rotatable bonds is 6. The Kier molecular flexibility index (Phi) is 7.45. The van der Waals surface area contributed by atoms with Crippen molar-refractivity contribution in [3.8, 4) is 0 Å².